The maximum atomic E-state index is 13.0. The first kappa shape index (κ1) is 20.2. The molecule has 2 aliphatic rings. The van der Waals surface area contributed by atoms with Crippen LogP contribution in [0.5, 0.6) is 0 Å². The van der Waals surface area contributed by atoms with E-state index in [1.807, 2.05) is 0 Å². The topological polar surface area (TPSA) is 83.7 Å². The van der Waals surface area contributed by atoms with Gasteiger partial charge in [-0.25, -0.2) is 8.42 Å². The molecule has 2 heterocycles. The minimum Gasteiger partial charge on any atom is -0.338 e. The number of piperidine rings is 2. The number of amides is 1. The number of benzene rings is 1. The summed E-state index contributed by atoms with van der Waals surface area (Å²) < 4.78 is 27.5. The Balaban J connectivity index is 0.00000225. The van der Waals surface area contributed by atoms with Crippen molar-refractivity contribution in [2.75, 3.05) is 26.2 Å². The van der Waals surface area contributed by atoms with Gasteiger partial charge in [-0.15, -0.1) is 12.4 Å². The highest BCUT2D eigenvalue weighted by Gasteiger charge is 2.31. The number of hydrogen-bond acceptors (Lipinski definition) is 4. The van der Waals surface area contributed by atoms with E-state index in [0.717, 1.165) is 32.1 Å². The monoisotopic (exact) mass is 387 g/mol. The summed E-state index contributed by atoms with van der Waals surface area (Å²) in [5.41, 5.74) is 6.17. The molecular formula is C17H26ClN3O3S. The van der Waals surface area contributed by atoms with Gasteiger partial charge in [0.05, 0.1) is 10.5 Å². The molecular weight excluding hydrogens is 362 g/mol. The zero-order valence-corrected chi connectivity index (χ0v) is 15.9. The number of hydrogen-bond donors (Lipinski definition) is 1. The Morgan fingerprint density at radius 3 is 2.24 bits per heavy atom. The highest BCUT2D eigenvalue weighted by Crippen LogP contribution is 2.25. The van der Waals surface area contributed by atoms with Crippen LogP contribution in [0.15, 0.2) is 29.2 Å². The van der Waals surface area contributed by atoms with Crippen molar-refractivity contribution in [3.05, 3.63) is 29.8 Å². The van der Waals surface area contributed by atoms with Crippen LogP contribution >= 0.6 is 12.4 Å². The fraction of sp³-hybridized carbons (Fsp3) is 0.588. The normalized spacial score (nSPS) is 20.1. The van der Waals surface area contributed by atoms with Gasteiger partial charge in [0.25, 0.3) is 5.91 Å². The molecule has 0 atom stereocenters. The first-order valence-electron chi connectivity index (χ1n) is 8.64. The molecule has 1 amide bonds. The van der Waals surface area contributed by atoms with Crippen molar-refractivity contribution in [2.24, 2.45) is 5.73 Å². The quantitative estimate of drug-likeness (QED) is 0.857. The summed E-state index contributed by atoms with van der Waals surface area (Å²) >= 11 is 0. The smallest absolute Gasteiger partial charge is 0.255 e. The van der Waals surface area contributed by atoms with E-state index in [4.69, 9.17) is 5.73 Å². The third-order valence-corrected chi connectivity index (χ3v) is 6.83. The number of nitrogens with zero attached hydrogens (tertiary/aromatic N) is 2. The fourth-order valence-electron chi connectivity index (χ4n) is 3.39. The molecule has 3 rings (SSSR count). The molecule has 25 heavy (non-hydrogen) atoms. The van der Waals surface area contributed by atoms with Crippen molar-refractivity contribution in [2.45, 2.75) is 43.0 Å². The van der Waals surface area contributed by atoms with Gasteiger partial charge in [-0.05, 0) is 37.8 Å². The van der Waals surface area contributed by atoms with Gasteiger partial charge in [0, 0.05) is 32.2 Å². The first-order valence-corrected chi connectivity index (χ1v) is 10.1. The van der Waals surface area contributed by atoms with Gasteiger partial charge < -0.3 is 10.6 Å². The van der Waals surface area contributed by atoms with E-state index >= 15 is 0 Å². The molecule has 1 aromatic carbocycles. The van der Waals surface area contributed by atoms with Gasteiger partial charge in [0.1, 0.15) is 0 Å². The number of likely N-dealkylation sites (tertiary alicyclic amines) is 1. The minimum atomic E-state index is -3.63. The van der Waals surface area contributed by atoms with Crippen molar-refractivity contribution < 1.29 is 13.2 Å². The van der Waals surface area contributed by atoms with Gasteiger partial charge >= 0.3 is 0 Å². The van der Waals surface area contributed by atoms with E-state index in [9.17, 15) is 13.2 Å². The predicted octanol–water partition coefficient (Wildman–Crippen LogP) is 1.85. The van der Waals surface area contributed by atoms with Crippen LogP contribution in [-0.2, 0) is 10.0 Å². The predicted molar refractivity (Wildman–Crippen MR) is 99.4 cm³/mol. The van der Waals surface area contributed by atoms with E-state index in [-0.39, 0.29) is 34.8 Å². The van der Waals surface area contributed by atoms with Gasteiger partial charge in [-0.2, -0.15) is 4.31 Å². The maximum absolute atomic E-state index is 13.0. The lowest BCUT2D eigenvalue weighted by Crippen LogP contribution is -2.43. The SMILES string of the molecule is Cl.NC1CCN(C(=O)c2ccccc2S(=O)(=O)N2CCCCC2)CC1. The molecule has 0 aliphatic carbocycles. The third kappa shape index (κ3) is 4.34. The lowest BCUT2D eigenvalue weighted by molar-refractivity contribution is 0.0710. The molecule has 1 aromatic rings. The van der Waals surface area contributed by atoms with Crippen LogP contribution in [0, 0.1) is 0 Å². The molecule has 8 heteroatoms. The Hall–Kier alpha value is -1.15. The number of carbonyl (C=O) groups is 1. The standard InChI is InChI=1S/C17H25N3O3S.ClH/c18-14-8-12-19(13-9-14)17(21)15-6-2-3-7-16(15)24(22,23)20-10-4-1-5-11-20;/h2-3,6-7,14H,1,4-5,8-13,18H2;1H. The average Bonchev–Trinajstić information content (AvgIpc) is 2.62. The van der Waals surface area contributed by atoms with Crippen LogP contribution in [-0.4, -0.2) is 55.8 Å². The molecule has 0 radical (unpaired) electrons. The zero-order valence-electron chi connectivity index (χ0n) is 14.3. The largest absolute Gasteiger partial charge is 0.338 e. The first-order chi connectivity index (χ1) is 11.5. The second-order valence-corrected chi connectivity index (χ2v) is 8.50. The molecule has 0 saturated carbocycles. The average molecular weight is 388 g/mol. The molecule has 2 aliphatic heterocycles. The summed E-state index contributed by atoms with van der Waals surface area (Å²) in [5.74, 6) is -0.210. The molecule has 0 bridgehead atoms. The molecule has 140 valence electrons. The van der Waals surface area contributed by atoms with E-state index < -0.39 is 10.0 Å². The Morgan fingerprint density at radius 1 is 1.00 bits per heavy atom. The Kier molecular flexibility index (Phi) is 6.85. The fourth-order valence-corrected chi connectivity index (χ4v) is 5.09. The van der Waals surface area contributed by atoms with Crippen molar-refractivity contribution in [3.63, 3.8) is 0 Å². The summed E-state index contributed by atoms with van der Waals surface area (Å²) in [6, 6.07) is 6.69. The summed E-state index contributed by atoms with van der Waals surface area (Å²) in [7, 11) is -3.63. The number of sulfonamides is 1. The van der Waals surface area contributed by atoms with Crippen molar-refractivity contribution in [1.82, 2.24) is 9.21 Å². The van der Waals surface area contributed by atoms with Gasteiger partial charge in [0.15, 0.2) is 0 Å². The number of nitrogens with two attached hydrogens (primary N) is 1. The molecule has 0 aromatic heterocycles. The second kappa shape index (κ2) is 8.49. The van der Waals surface area contributed by atoms with Crippen molar-refractivity contribution in [3.8, 4) is 0 Å². The Bertz CT molecular complexity index is 697. The van der Waals surface area contributed by atoms with Crippen LogP contribution < -0.4 is 5.73 Å². The second-order valence-electron chi connectivity index (χ2n) is 6.59. The van der Waals surface area contributed by atoms with Crippen LogP contribution in [0.4, 0.5) is 0 Å². The molecule has 2 fully saturated rings. The van der Waals surface area contributed by atoms with Crippen LogP contribution in [0.1, 0.15) is 42.5 Å². The van der Waals surface area contributed by atoms with E-state index in [1.54, 1.807) is 29.2 Å². The van der Waals surface area contributed by atoms with E-state index in [0.29, 0.717) is 26.2 Å². The highest BCUT2D eigenvalue weighted by atomic mass is 35.5. The van der Waals surface area contributed by atoms with E-state index in [2.05, 4.69) is 0 Å². The lowest BCUT2D eigenvalue weighted by Gasteiger charge is -2.31. The maximum Gasteiger partial charge on any atom is 0.255 e. The molecule has 2 N–H and O–H groups in total. The summed E-state index contributed by atoms with van der Waals surface area (Å²) in [6.45, 7) is 2.23. The van der Waals surface area contributed by atoms with Crippen molar-refractivity contribution in [1.29, 1.82) is 0 Å². The molecule has 0 spiro atoms. The number of carbonyl (C=O) groups excluding carboxylic acids is 1. The molecule has 6 nitrogen and oxygen atoms in total. The summed E-state index contributed by atoms with van der Waals surface area (Å²) in [6.07, 6.45) is 4.32. The lowest BCUT2D eigenvalue weighted by atomic mass is 10.0. The van der Waals surface area contributed by atoms with Crippen LogP contribution in [0.2, 0.25) is 0 Å². The van der Waals surface area contributed by atoms with E-state index in [1.165, 1.54) is 4.31 Å². The summed E-state index contributed by atoms with van der Waals surface area (Å²) in [4.78, 5) is 14.7. The van der Waals surface area contributed by atoms with Gasteiger partial charge in [0.2, 0.25) is 10.0 Å². The number of halogens is 1. The summed E-state index contributed by atoms with van der Waals surface area (Å²) in [5, 5.41) is 0. The van der Waals surface area contributed by atoms with Crippen molar-refractivity contribution >= 4 is 28.3 Å². The zero-order chi connectivity index (χ0) is 17.2. The Morgan fingerprint density at radius 2 is 1.60 bits per heavy atom. The van der Waals surface area contributed by atoms with Crippen LogP contribution in [0.3, 0.4) is 0 Å². The van der Waals surface area contributed by atoms with Crippen LogP contribution in [0.25, 0.3) is 0 Å². The Labute approximate surface area is 155 Å². The van der Waals surface area contributed by atoms with Gasteiger partial charge in [-0.3, -0.25) is 4.79 Å². The third-order valence-electron chi connectivity index (χ3n) is 4.88. The highest BCUT2D eigenvalue weighted by molar-refractivity contribution is 7.89. The minimum absolute atomic E-state index is 0. The molecule has 0 unspecified atom stereocenters. The number of rotatable bonds is 3. The molecule has 2 saturated heterocycles. The van der Waals surface area contributed by atoms with Gasteiger partial charge in [-0.1, -0.05) is 18.6 Å².